The molecule has 0 unspecified atom stereocenters. The number of hydrogen-bond acceptors (Lipinski definition) is 2. The lowest BCUT2D eigenvalue weighted by molar-refractivity contribution is 0.0883. The quantitative estimate of drug-likeness (QED) is 0.745. The molecule has 1 saturated carbocycles. The first-order valence-electron chi connectivity index (χ1n) is 9.54. The molecular formula is C19H40N2. The number of piperazine rings is 1. The van der Waals surface area contributed by atoms with Gasteiger partial charge in [-0.2, -0.15) is 0 Å². The van der Waals surface area contributed by atoms with Gasteiger partial charge in [0.15, 0.2) is 0 Å². The maximum absolute atomic E-state index is 2.58. The van der Waals surface area contributed by atoms with E-state index in [2.05, 4.69) is 44.4 Å². The summed E-state index contributed by atoms with van der Waals surface area (Å²) in [5.41, 5.74) is 0. The third kappa shape index (κ3) is 7.15. The Kier molecular flexibility index (Phi) is 9.59. The van der Waals surface area contributed by atoms with Crippen molar-refractivity contribution >= 4 is 0 Å². The summed E-state index contributed by atoms with van der Waals surface area (Å²) in [6, 6.07) is 0.760. The first-order valence-corrected chi connectivity index (χ1v) is 9.54. The fraction of sp³-hybridized carbons (Fsp3) is 1.00. The van der Waals surface area contributed by atoms with Crippen LogP contribution in [0.3, 0.4) is 0 Å². The molecule has 126 valence electrons. The molecule has 2 fully saturated rings. The van der Waals surface area contributed by atoms with Gasteiger partial charge < -0.3 is 4.90 Å². The maximum Gasteiger partial charge on any atom is 0.0195 e. The second kappa shape index (κ2) is 10.6. The average molecular weight is 297 g/mol. The lowest BCUT2D eigenvalue weighted by Gasteiger charge is -2.39. The van der Waals surface area contributed by atoms with Gasteiger partial charge >= 0.3 is 0 Å². The molecule has 0 N–H and O–H groups in total. The van der Waals surface area contributed by atoms with Crippen LogP contribution in [-0.4, -0.2) is 48.6 Å². The van der Waals surface area contributed by atoms with Gasteiger partial charge in [-0.1, -0.05) is 59.8 Å². The van der Waals surface area contributed by atoms with Gasteiger partial charge in [0.2, 0.25) is 0 Å². The second-order valence-corrected chi connectivity index (χ2v) is 7.42. The van der Waals surface area contributed by atoms with Gasteiger partial charge in [-0.05, 0) is 38.3 Å². The highest BCUT2D eigenvalue weighted by atomic mass is 15.3. The summed E-state index contributed by atoms with van der Waals surface area (Å²) in [5.74, 6) is 1.99. The van der Waals surface area contributed by atoms with Gasteiger partial charge in [-0.25, -0.2) is 0 Å². The van der Waals surface area contributed by atoms with Gasteiger partial charge in [0.05, 0.1) is 0 Å². The molecule has 1 aliphatic carbocycles. The zero-order chi connectivity index (χ0) is 15.7. The molecule has 0 aromatic carbocycles. The fourth-order valence-electron chi connectivity index (χ4n) is 3.86. The molecule has 0 bridgehead atoms. The highest BCUT2D eigenvalue weighted by molar-refractivity contribution is 4.77. The Morgan fingerprint density at radius 3 is 2.10 bits per heavy atom. The Balaban J connectivity index is 0.000000219. The van der Waals surface area contributed by atoms with Gasteiger partial charge in [-0.15, -0.1) is 0 Å². The first-order chi connectivity index (χ1) is 10.1. The predicted octanol–water partition coefficient (Wildman–Crippen LogP) is 4.65. The maximum atomic E-state index is 2.58. The standard InChI is InChI=1S/C10H22N2.C9H18/c1-4-6-11-7-8-12(5-2)10(3)9-11;1-8(2)9-6-4-3-5-7-9/h10H,4-9H2,1-3H3;8-9H,3-7H2,1-2H3/t10-;/m0./s1. The predicted molar refractivity (Wildman–Crippen MR) is 94.9 cm³/mol. The Hall–Kier alpha value is -0.0800. The molecule has 0 aromatic heterocycles. The number of hydrogen-bond donors (Lipinski definition) is 0. The van der Waals surface area contributed by atoms with Crippen molar-refractivity contribution in [3.05, 3.63) is 0 Å². The topological polar surface area (TPSA) is 6.48 Å². The third-order valence-electron chi connectivity index (χ3n) is 5.39. The van der Waals surface area contributed by atoms with Crippen LogP contribution in [0.2, 0.25) is 0 Å². The van der Waals surface area contributed by atoms with E-state index in [0.717, 1.165) is 17.9 Å². The summed E-state index contributed by atoms with van der Waals surface area (Å²) in [6.45, 7) is 17.9. The highest BCUT2D eigenvalue weighted by Gasteiger charge is 2.21. The van der Waals surface area contributed by atoms with Crippen molar-refractivity contribution in [3.63, 3.8) is 0 Å². The smallest absolute Gasteiger partial charge is 0.0195 e. The minimum Gasteiger partial charge on any atom is -0.301 e. The third-order valence-corrected chi connectivity index (χ3v) is 5.39. The number of likely N-dealkylation sites (N-methyl/N-ethyl adjacent to an activating group) is 1. The van der Waals surface area contributed by atoms with E-state index in [1.807, 2.05) is 0 Å². The zero-order valence-electron chi connectivity index (χ0n) is 15.4. The van der Waals surface area contributed by atoms with Crippen molar-refractivity contribution in [1.82, 2.24) is 9.80 Å². The second-order valence-electron chi connectivity index (χ2n) is 7.42. The van der Waals surface area contributed by atoms with Crippen molar-refractivity contribution in [2.75, 3.05) is 32.7 Å². The lowest BCUT2D eigenvalue weighted by Crippen LogP contribution is -2.51. The van der Waals surface area contributed by atoms with Gasteiger partial charge in [-0.3, -0.25) is 4.90 Å². The molecule has 0 aromatic rings. The van der Waals surface area contributed by atoms with Gasteiger partial charge in [0, 0.05) is 25.7 Å². The summed E-state index contributed by atoms with van der Waals surface area (Å²) < 4.78 is 0. The van der Waals surface area contributed by atoms with Gasteiger partial charge in [0.25, 0.3) is 0 Å². The molecule has 1 atom stereocenters. The van der Waals surface area contributed by atoms with E-state index in [0.29, 0.717) is 0 Å². The minimum atomic E-state index is 0.760. The van der Waals surface area contributed by atoms with Gasteiger partial charge in [0.1, 0.15) is 0 Å². The van der Waals surface area contributed by atoms with Crippen LogP contribution in [-0.2, 0) is 0 Å². The molecule has 2 nitrogen and oxygen atoms in total. The van der Waals surface area contributed by atoms with Crippen molar-refractivity contribution in [2.24, 2.45) is 11.8 Å². The van der Waals surface area contributed by atoms with Crippen molar-refractivity contribution in [1.29, 1.82) is 0 Å². The molecular weight excluding hydrogens is 256 g/mol. The van der Waals surface area contributed by atoms with E-state index in [9.17, 15) is 0 Å². The molecule has 1 heterocycles. The van der Waals surface area contributed by atoms with Crippen LogP contribution >= 0.6 is 0 Å². The zero-order valence-corrected chi connectivity index (χ0v) is 15.4. The van der Waals surface area contributed by atoms with E-state index >= 15 is 0 Å². The number of rotatable bonds is 4. The summed E-state index contributed by atoms with van der Waals surface area (Å²) in [4.78, 5) is 5.14. The molecule has 0 spiro atoms. The van der Waals surface area contributed by atoms with Crippen LogP contribution in [0.1, 0.15) is 73.1 Å². The molecule has 2 aliphatic rings. The normalized spacial score (nSPS) is 25.7. The number of nitrogens with zero attached hydrogens (tertiary/aromatic N) is 2. The van der Waals surface area contributed by atoms with Crippen molar-refractivity contribution < 1.29 is 0 Å². The van der Waals surface area contributed by atoms with E-state index in [1.54, 1.807) is 0 Å². The van der Waals surface area contributed by atoms with E-state index in [-0.39, 0.29) is 0 Å². The van der Waals surface area contributed by atoms with Crippen LogP contribution in [0, 0.1) is 11.8 Å². The SMILES string of the molecule is CC(C)C1CCCCC1.CCCN1CCN(CC)[C@@H](C)C1. The first kappa shape index (κ1) is 19.0. The molecule has 1 aliphatic heterocycles. The van der Waals surface area contributed by atoms with Crippen LogP contribution < -0.4 is 0 Å². The van der Waals surface area contributed by atoms with Crippen LogP contribution in [0.5, 0.6) is 0 Å². The summed E-state index contributed by atoms with van der Waals surface area (Å²) in [5, 5.41) is 0. The highest BCUT2D eigenvalue weighted by Crippen LogP contribution is 2.29. The lowest BCUT2D eigenvalue weighted by atomic mass is 9.82. The molecule has 2 rings (SSSR count). The molecule has 0 radical (unpaired) electrons. The monoisotopic (exact) mass is 296 g/mol. The molecule has 2 heteroatoms. The Morgan fingerprint density at radius 1 is 1.00 bits per heavy atom. The minimum absolute atomic E-state index is 0.760. The largest absolute Gasteiger partial charge is 0.301 e. The van der Waals surface area contributed by atoms with Crippen molar-refractivity contribution in [2.45, 2.75) is 79.2 Å². The molecule has 0 amide bonds. The van der Waals surface area contributed by atoms with E-state index < -0.39 is 0 Å². The summed E-state index contributed by atoms with van der Waals surface area (Å²) in [7, 11) is 0. The van der Waals surface area contributed by atoms with E-state index in [1.165, 1.54) is 71.2 Å². The van der Waals surface area contributed by atoms with Crippen molar-refractivity contribution in [3.8, 4) is 0 Å². The summed E-state index contributed by atoms with van der Waals surface area (Å²) in [6.07, 6.45) is 8.75. The fourth-order valence-corrected chi connectivity index (χ4v) is 3.86. The van der Waals surface area contributed by atoms with Crippen LogP contribution in [0.25, 0.3) is 0 Å². The molecule has 21 heavy (non-hydrogen) atoms. The summed E-state index contributed by atoms with van der Waals surface area (Å²) >= 11 is 0. The Morgan fingerprint density at radius 2 is 1.67 bits per heavy atom. The average Bonchev–Trinajstić information content (AvgIpc) is 2.49. The van der Waals surface area contributed by atoms with E-state index in [4.69, 9.17) is 0 Å². The Bertz CT molecular complexity index is 246. The van der Waals surface area contributed by atoms with Crippen LogP contribution in [0.15, 0.2) is 0 Å². The Labute approximate surface area is 134 Å². The van der Waals surface area contributed by atoms with Crippen LogP contribution in [0.4, 0.5) is 0 Å². The molecule has 1 saturated heterocycles.